The molecule has 2 atom stereocenters. The molecule has 0 aliphatic carbocycles. The molecule has 3 rings (SSSR count). The number of hydroxylamine groups is 1. The summed E-state index contributed by atoms with van der Waals surface area (Å²) < 4.78 is 23.4. The van der Waals surface area contributed by atoms with E-state index in [1.807, 2.05) is 32.9 Å². The highest BCUT2D eigenvalue weighted by Gasteiger charge is 2.31. The van der Waals surface area contributed by atoms with Gasteiger partial charge in [-0.1, -0.05) is 41.6 Å². The van der Waals surface area contributed by atoms with Crippen LogP contribution in [0.1, 0.15) is 60.3 Å². The Morgan fingerprint density at radius 1 is 1.26 bits per heavy atom. The van der Waals surface area contributed by atoms with Gasteiger partial charge in [-0.15, -0.1) is 0 Å². The topological polar surface area (TPSA) is 114 Å². The second kappa shape index (κ2) is 14.3. The minimum atomic E-state index is -2.47. The lowest BCUT2D eigenvalue weighted by atomic mass is 9.89. The van der Waals surface area contributed by atoms with Gasteiger partial charge in [-0.25, -0.2) is 4.79 Å². The number of phenolic OH excluding ortho intramolecular Hbond substituents is 1. The summed E-state index contributed by atoms with van der Waals surface area (Å²) in [4.78, 5) is 31.5. The van der Waals surface area contributed by atoms with E-state index in [9.17, 15) is 19.3 Å². The Morgan fingerprint density at radius 3 is 2.64 bits per heavy atom. The molecule has 0 bridgehead atoms. The van der Waals surface area contributed by atoms with E-state index in [1.54, 1.807) is 38.1 Å². The predicted molar refractivity (Wildman–Crippen MR) is 151 cm³/mol. The van der Waals surface area contributed by atoms with Crippen LogP contribution in [0, 0.1) is 6.92 Å². The van der Waals surface area contributed by atoms with Gasteiger partial charge in [0.2, 0.25) is 0 Å². The summed E-state index contributed by atoms with van der Waals surface area (Å²) in [6.07, 6.45) is 3.53. The van der Waals surface area contributed by atoms with Crippen molar-refractivity contribution < 1.29 is 33.6 Å². The molecule has 0 aromatic heterocycles. The summed E-state index contributed by atoms with van der Waals surface area (Å²) >= 11 is 0. The van der Waals surface area contributed by atoms with E-state index in [2.05, 4.69) is 5.32 Å². The highest BCUT2D eigenvalue weighted by Crippen LogP contribution is 2.38. The van der Waals surface area contributed by atoms with Crippen LogP contribution in [-0.4, -0.2) is 53.8 Å². The van der Waals surface area contributed by atoms with E-state index in [1.165, 1.54) is 4.83 Å². The number of rotatable bonds is 14. The van der Waals surface area contributed by atoms with Crippen molar-refractivity contribution in [2.75, 3.05) is 25.9 Å². The lowest BCUT2D eigenvalue weighted by molar-refractivity contribution is -0.153. The van der Waals surface area contributed by atoms with Gasteiger partial charge in [0.1, 0.15) is 29.7 Å². The quantitative estimate of drug-likeness (QED) is 0.112. The van der Waals surface area contributed by atoms with Crippen LogP contribution in [0.25, 0.3) is 0 Å². The van der Waals surface area contributed by atoms with Crippen molar-refractivity contribution in [1.29, 1.82) is 0 Å². The largest absolute Gasteiger partial charge is 0.507 e. The predicted octanol–water partition coefficient (Wildman–Crippen LogP) is 4.73. The monoisotopic (exact) mass is 558 g/mol. The number of hydrogen-bond donors (Lipinski definition) is 2. The Labute approximate surface area is 230 Å². The molecule has 0 spiro atoms. The summed E-state index contributed by atoms with van der Waals surface area (Å²) in [7, 11) is -2.47. The number of ether oxygens (including phenoxy) is 2. The van der Waals surface area contributed by atoms with Crippen LogP contribution in [-0.2, 0) is 38.3 Å². The number of phenols is 1. The molecule has 0 saturated carbocycles. The summed E-state index contributed by atoms with van der Waals surface area (Å²) in [6.45, 7) is 10.7. The van der Waals surface area contributed by atoms with E-state index >= 15 is 0 Å². The van der Waals surface area contributed by atoms with Gasteiger partial charge in [0.15, 0.2) is 7.95 Å². The Morgan fingerprint density at radius 2 is 1.97 bits per heavy atom. The third kappa shape index (κ3) is 7.50. The molecule has 2 N–H and O–H groups in total. The number of esters is 2. The lowest BCUT2D eigenvalue weighted by Gasteiger charge is -2.26. The molecular formula is C29H39N2O7P. The molecule has 1 aliphatic heterocycles. The van der Waals surface area contributed by atoms with Crippen LogP contribution >= 0.6 is 7.95 Å². The zero-order chi connectivity index (χ0) is 28.5. The zero-order valence-electron chi connectivity index (χ0n) is 23.3. The minimum Gasteiger partial charge on any atom is -0.507 e. The number of carbonyl (C=O) groups excluding carboxylic acids is 2. The van der Waals surface area contributed by atoms with E-state index < -0.39 is 25.9 Å². The third-order valence-electron chi connectivity index (χ3n) is 6.75. The fraction of sp³-hybridized carbons (Fsp3) is 0.448. The molecule has 10 heteroatoms. The lowest BCUT2D eigenvalue weighted by Crippen LogP contribution is -2.38. The van der Waals surface area contributed by atoms with Crippen LogP contribution in [0.5, 0.6) is 11.5 Å². The number of nitrogens with one attached hydrogen (secondary N) is 1. The van der Waals surface area contributed by atoms with Gasteiger partial charge >= 0.3 is 11.9 Å². The molecule has 2 unspecified atom stereocenters. The number of fused-ring (bicyclic) bond motifs is 1. The maximum atomic E-state index is 13.2. The fourth-order valence-electron chi connectivity index (χ4n) is 4.58. The highest BCUT2D eigenvalue weighted by atomic mass is 31.1. The number of para-hydroxylation sites is 1. The van der Waals surface area contributed by atoms with E-state index in [4.69, 9.17) is 14.3 Å². The molecule has 1 heterocycles. The number of allylic oxidation sites excluding steroid dienone is 1. The number of benzene rings is 2. The van der Waals surface area contributed by atoms with Gasteiger partial charge in [-0.05, 0) is 63.8 Å². The van der Waals surface area contributed by atoms with Crippen LogP contribution in [0.2, 0.25) is 0 Å². The molecule has 0 radical (unpaired) electrons. The van der Waals surface area contributed by atoms with Crippen molar-refractivity contribution in [2.24, 2.45) is 0 Å². The first-order valence-corrected chi connectivity index (χ1v) is 14.9. The third-order valence-corrected chi connectivity index (χ3v) is 8.39. The number of carbonyl (C=O) groups is 2. The highest BCUT2D eigenvalue weighted by molar-refractivity contribution is 7.41. The molecule has 0 saturated heterocycles. The maximum absolute atomic E-state index is 13.2. The molecule has 0 amide bonds. The summed E-state index contributed by atoms with van der Waals surface area (Å²) in [6, 6.07) is 8.09. The molecule has 1 aliphatic rings. The number of nitrogens with zero attached hydrogens (tertiary/aromatic N) is 1. The Bertz CT molecular complexity index is 1230. The van der Waals surface area contributed by atoms with Crippen LogP contribution < -0.4 is 10.2 Å². The zero-order valence-corrected chi connectivity index (χ0v) is 24.3. The Kier molecular flexibility index (Phi) is 11.2. The molecular weight excluding hydrogens is 519 g/mol. The van der Waals surface area contributed by atoms with E-state index in [-0.39, 0.29) is 24.5 Å². The SMILES string of the molecule is CCOC(=O)C(C)N(Oc1ccccc1)[PH](=O)CCNCC(C)=CCc1c(O)c2c(c(C)c1CC)COC2=O. The summed E-state index contributed by atoms with van der Waals surface area (Å²) in [5, 5.41) is 14.1. The number of aromatic hydroxyl groups is 1. The standard InChI is InChI=1S/C29H39N2O7P/c1-6-23-20(4)25-18-37-29(34)26(25)27(32)24(23)14-13-19(3)17-30-15-16-39(35)31(21(5)28(33)36-7-2)38-22-11-9-8-10-12-22/h8-13,21,30,32,39H,6-7,14-18H2,1-5H3. The van der Waals surface area contributed by atoms with Gasteiger partial charge in [0.05, 0.1) is 6.61 Å². The minimum absolute atomic E-state index is 0.0137. The van der Waals surface area contributed by atoms with Crippen LogP contribution in [0.4, 0.5) is 0 Å². The smallest absolute Gasteiger partial charge is 0.342 e. The van der Waals surface area contributed by atoms with Crippen molar-refractivity contribution in [3.8, 4) is 11.5 Å². The molecule has 2 aromatic rings. The van der Waals surface area contributed by atoms with Crippen molar-refractivity contribution in [1.82, 2.24) is 10.2 Å². The van der Waals surface area contributed by atoms with Crippen molar-refractivity contribution in [3.63, 3.8) is 0 Å². The first-order valence-electron chi connectivity index (χ1n) is 13.3. The molecule has 212 valence electrons. The molecule has 0 fully saturated rings. The second-order valence-corrected chi connectivity index (χ2v) is 11.2. The number of cyclic esters (lactones) is 1. The Balaban J connectivity index is 1.60. The van der Waals surface area contributed by atoms with E-state index in [0.29, 0.717) is 31.4 Å². The maximum Gasteiger partial charge on any atom is 0.342 e. The van der Waals surface area contributed by atoms with Crippen LogP contribution in [0.3, 0.4) is 0 Å². The Hall–Kier alpha value is -3.13. The summed E-state index contributed by atoms with van der Waals surface area (Å²) in [5.41, 5.74) is 4.88. The average molecular weight is 559 g/mol. The van der Waals surface area contributed by atoms with Crippen molar-refractivity contribution >= 4 is 19.9 Å². The van der Waals surface area contributed by atoms with Gasteiger partial charge in [-0.3, -0.25) is 4.79 Å². The fourth-order valence-corrected chi connectivity index (χ4v) is 5.94. The van der Waals surface area contributed by atoms with E-state index in [0.717, 1.165) is 34.2 Å². The normalized spacial score (nSPS) is 14.6. The average Bonchev–Trinajstić information content (AvgIpc) is 3.33. The van der Waals surface area contributed by atoms with Crippen molar-refractivity contribution in [2.45, 2.75) is 60.1 Å². The van der Waals surface area contributed by atoms with Gasteiger partial charge < -0.3 is 29.3 Å². The first kappa shape index (κ1) is 30.4. The van der Waals surface area contributed by atoms with Gasteiger partial charge in [-0.2, -0.15) is 0 Å². The second-order valence-electron chi connectivity index (χ2n) is 9.45. The summed E-state index contributed by atoms with van der Waals surface area (Å²) in [5.74, 6) is -0.471. The van der Waals surface area contributed by atoms with Gasteiger partial charge in [0, 0.05) is 30.4 Å². The van der Waals surface area contributed by atoms with Gasteiger partial charge in [0.25, 0.3) is 0 Å². The van der Waals surface area contributed by atoms with Crippen LogP contribution in [0.15, 0.2) is 42.0 Å². The molecule has 9 nitrogen and oxygen atoms in total. The van der Waals surface area contributed by atoms with Crippen molar-refractivity contribution in [3.05, 3.63) is 69.8 Å². The molecule has 2 aromatic carbocycles. The molecule has 39 heavy (non-hydrogen) atoms. The first-order chi connectivity index (χ1) is 18.7. The number of hydrogen-bond acceptors (Lipinski definition) is 8.